The highest BCUT2D eigenvalue weighted by atomic mass is 32.2. The zero-order valence-corrected chi connectivity index (χ0v) is 16.0. The summed E-state index contributed by atoms with van der Waals surface area (Å²) in [5.74, 6) is -0.458. The van der Waals surface area contributed by atoms with E-state index < -0.39 is 22.9 Å². The molecule has 0 spiro atoms. The molecular weight excluding hydrogens is 385 g/mol. The lowest BCUT2D eigenvalue weighted by Crippen LogP contribution is -2.46. The third-order valence-corrected chi connectivity index (χ3v) is 4.97. The fourth-order valence-corrected chi connectivity index (χ4v) is 3.54. The number of nitrogens with zero attached hydrogens (tertiary/aromatic N) is 3. The first-order chi connectivity index (χ1) is 13.5. The van der Waals surface area contributed by atoms with Crippen molar-refractivity contribution in [2.75, 3.05) is 42.7 Å². The highest BCUT2D eigenvalue weighted by molar-refractivity contribution is 7.79. The highest BCUT2D eigenvalue weighted by Gasteiger charge is 2.19. The third-order valence-electron chi connectivity index (χ3n) is 4.39. The van der Waals surface area contributed by atoms with E-state index in [1.165, 1.54) is 12.3 Å². The molecule has 0 saturated carbocycles. The molecule has 28 heavy (non-hydrogen) atoms. The Morgan fingerprint density at radius 2 is 1.89 bits per heavy atom. The summed E-state index contributed by atoms with van der Waals surface area (Å²) in [4.78, 5) is 19.9. The summed E-state index contributed by atoms with van der Waals surface area (Å²) < 4.78 is 36.4. The van der Waals surface area contributed by atoms with E-state index in [9.17, 15) is 17.9 Å². The Labute approximate surface area is 165 Å². The predicted octanol–water partition coefficient (Wildman–Crippen LogP) is 1.82. The molecule has 0 radical (unpaired) electrons. The smallest absolute Gasteiger partial charge is 0.323 e. The Morgan fingerprint density at radius 1 is 1.14 bits per heavy atom. The minimum Gasteiger partial charge on any atom is -0.771 e. The van der Waals surface area contributed by atoms with E-state index in [1.54, 1.807) is 30.5 Å². The van der Waals surface area contributed by atoms with Crippen LogP contribution in [0, 0.1) is 5.82 Å². The number of anilines is 2. The number of aromatic nitrogens is 1. The minimum atomic E-state index is -2.09. The molecule has 3 rings (SSSR count). The summed E-state index contributed by atoms with van der Waals surface area (Å²) in [7, 11) is 0. The molecule has 150 valence electrons. The first kappa shape index (κ1) is 20.3. The summed E-state index contributed by atoms with van der Waals surface area (Å²) in [6.45, 7) is 2.91. The van der Waals surface area contributed by atoms with Crippen LogP contribution in [0.1, 0.15) is 5.56 Å². The maximum absolute atomic E-state index is 14.8. The molecule has 1 atom stereocenters. The molecule has 2 heterocycles. The van der Waals surface area contributed by atoms with Crippen LogP contribution < -0.4 is 10.6 Å². The largest absolute Gasteiger partial charge is 0.771 e. The van der Waals surface area contributed by atoms with Gasteiger partial charge in [0.15, 0.2) is 5.82 Å². The second-order valence-corrected chi connectivity index (χ2v) is 7.29. The number of halogens is 1. The van der Waals surface area contributed by atoms with Crippen LogP contribution in [-0.4, -0.2) is 61.6 Å². The maximum atomic E-state index is 14.8. The number of carbonyl (C=O) groups excluding carboxylic acids is 1. The van der Waals surface area contributed by atoms with Crippen LogP contribution in [0.15, 0.2) is 42.7 Å². The van der Waals surface area contributed by atoms with E-state index in [-0.39, 0.29) is 11.6 Å². The number of pyridine rings is 1. The number of hydrogen-bond donors (Lipinski definition) is 2. The SMILES string of the molecule is O=C(Nc1cccnc1)Nc1cccc(CN2CCN(CS(=O)[O-])CC2)c1F. The molecule has 10 heteroatoms. The first-order valence-electron chi connectivity index (χ1n) is 8.77. The number of urea groups is 1. The monoisotopic (exact) mass is 406 g/mol. The first-order valence-corrected chi connectivity index (χ1v) is 10.0. The predicted molar refractivity (Wildman–Crippen MR) is 104 cm³/mol. The lowest BCUT2D eigenvalue weighted by Gasteiger charge is -2.35. The molecule has 2 aromatic rings. The number of piperazine rings is 1. The minimum absolute atomic E-state index is 0.0215. The molecule has 1 aliphatic rings. The van der Waals surface area contributed by atoms with Gasteiger partial charge in [-0.15, -0.1) is 0 Å². The zero-order chi connectivity index (χ0) is 19.9. The molecule has 1 fully saturated rings. The Kier molecular flexibility index (Phi) is 7.04. The van der Waals surface area contributed by atoms with Crippen molar-refractivity contribution in [2.45, 2.75) is 6.54 Å². The highest BCUT2D eigenvalue weighted by Crippen LogP contribution is 2.20. The molecule has 1 saturated heterocycles. The maximum Gasteiger partial charge on any atom is 0.323 e. The summed E-state index contributed by atoms with van der Waals surface area (Å²) >= 11 is -2.09. The Hall–Kier alpha value is -2.40. The molecule has 0 bridgehead atoms. The fourth-order valence-electron chi connectivity index (χ4n) is 2.99. The molecule has 8 nitrogen and oxygen atoms in total. The van der Waals surface area contributed by atoms with Crippen LogP contribution in [0.2, 0.25) is 0 Å². The van der Waals surface area contributed by atoms with Crippen LogP contribution in [0.5, 0.6) is 0 Å². The van der Waals surface area contributed by atoms with Crippen molar-refractivity contribution in [3.63, 3.8) is 0 Å². The van der Waals surface area contributed by atoms with Crippen molar-refractivity contribution in [1.29, 1.82) is 0 Å². The lowest BCUT2D eigenvalue weighted by molar-refractivity contribution is 0.140. The van der Waals surface area contributed by atoms with Crippen molar-refractivity contribution in [1.82, 2.24) is 14.8 Å². The number of hydrogen-bond acceptors (Lipinski definition) is 6. The summed E-state index contributed by atoms with van der Waals surface area (Å²) in [5, 5.41) is 5.11. The molecule has 2 amide bonds. The quantitative estimate of drug-likeness (QED) is 0.710. The topological polar surface area (TPSA) is 101 Å². The summed E-state index contributed by atoms with van der Waals surface area (Å²) in [6.07, 6.45) is 3.08. The molecule has 1 unspecified atom stereocenters. The van der Waals surface area contributed by atoms with Gasteiger partial charge in [0.05, 0.1) is 23.4 Å². The third kappa shape index (κ3) is 5.80. The normalized spacial score (nSPS) is 16.5. The number of rotatable bonds is 6. The van der Waals surface area contributed by atoms with Gasteiger partial charge in [0.2, 0.25) is 0 Å². The number of benzene rings is 1. The van der Waals surface area contributed by atoms with Crippen molar-refractivity contribution in [3.05, 3.63) is 54.1 Å². The second-order valence-electron chi connectivity index (χ2n) is 6.43. The van der Waals surface area contributed by atoms with Crippen molar-refractivity contribution >= 4 is 28.5 Å². The van der Waals surface area contributed by atoms with Crippen molar-refractivity contribution in [3.8, 4) is 0 Å². The Bertz CT molecular complexity index is 831. The average Bonchev–Trinajstić information content (AvgIpc) is 2.67. The van der Waals surface area contributed by atoms with Crippen LogP contribution in [0.25, 0.3) is 0 Å². The van der Waals surface area contributed by atoms with E-state index in [0.29, 0.717) is 44.0 Å². The van der Waals surface area contributed by atoms with Gasteiger partial charge in [-0.25, -0.2) is 9.18 Å². The van der Waals surface area contributed by atoms with Gasteiger partial charge in [-0.3, -0.25) is 19.0 Å². The van der Waals surface area contributed by atoms with Crippen LogP contribution in [0.4, 0.5) is 20.6 Å². The second kappa shape index (κ2) is 9.69. The van der Waals surface area contributed by atoms with Gasteiger partial charge >= 0.3 is 6.03 Å². The zero-order valence-electron chi connectivity index (χ0n) is 15.1. The molecule has 1 aromatic carbocycles. The van der Waals surface area contributed by atoms with E-state index in [4.69, 9.17) is 0 Å². The number of nitrogens with one attached hydrogen (secondary N) is 2. The summed E-state index contributed by atoms with van der Waals surface area (Å²) in [6, 6.07) is 7.69. The van der Waals surface area contributed by atoms with Gasteiger partial charge < -0.3 is 15.2 Å². The molecule has 0 aliphatic carbocycles. The van der Waals surface area contributed by atoms with Gasteiger partial charge in [0.25, 0.3) is 0 Å². The van der Waals surface area contributed by atoms with Crippen LogP contribution in [0.3, 0.4) is 0 Å². The number of amides is 2. The molecule has 2 N–H and O–H groups in total. The summed E-state index contributed by atoms with van der Waals surface area (Å²) in [5.41, 5.74) is 1.08. The molecule has 1 aliphatic heterocycles. The van der Waals surface area contributed by atoms with E-state index in [2.05, 4.69) is 20.5 Å². The fraction of sp³-hybridized carbons (Fsp3) is 0.333. The molecule has 1 aromatic heterocycles. The Balaban J connectivity index is 1.57. The van der Waals surface area contributed by atoms with Gasteiger partial charge in [-0.1, -0.05) is 12.1 Å². The van der Waals surface area contributed by atoms with Crippen LogP contribution in [-0.2, 0) is 17.6 Å². The average molecular weight is 406 g/mol. The lowest BCUT2D eigenvalue weighted by atomic mass is 10.1. The molecular formula is C18H21FN5O3S-. The van der Waals surface area contributed by atoms with E-state index in [0.717, 1.165) is 0 Å². The Morgan fingerprint density at radius 3 is 2.57 bits per heavy atom. The van der Waals surface area contributed by atoms with Crippen LogP contribution >= 0.6 is 0 Å². The van der Waals surface area contributed by atoms with E-state index >= 15 is 0 Å². The van der Waals surface area contributed by atoms with E-state index in [1.807, 2.05) is 4.90 Å². The van der Waals surface area contributed by atoms with Gasteiger partial charge in [0, 0.05) is 44.5 Å². The van der Waals surface area contributed by atoms with Crippen molar-refractivity contribution < 1.29 is 17.9 Å². The number of carbonyl (C=O) groups is 1. The van der Waals surface area contributed by atoms with Gasteiger partial charge in [-0.05, 0) is 29.3 Å². The van der Waals surface area contributed by atoms with Gasteiger partial charge in [-0.2, -0.15) is 0 Å². The van der Waals surface area contributed by atoms with Gasteiger partial charge in [0.1, 0.15) is 0 Å². The standard InChI is InChI=1S/C18H22FN5O3S/c19-17-14(12-23-7-9-24(10-8-23)13-28(26)27)3-1-5-16(17)22-18(25)21-15-4-2-6-20-11-15/h1-6,11H,7-10,12-13H2,(H,26,27)(H2,21,22,25)/p-1. The van der Waals surface area contributed by atoms with Crippen molar-refractivity contribution in [2.24, 2.45) is 0 Å².